The van der Waals surface area contributed by atoms with E-state index in [1.807, 2.05) is 6.92 Å². The molecule has 0 radical (unpaired) electrons. The van der Waals surface area contributed by atoms with Gasteiger partial charge in [-0.2, -0.15) is 0 Å². The Morgan fingerprint density at radius 1 is 1.32 bits per heavy atom. The Hall–Kier alpha value is -1.68. The summed E-state index contributed by atoms with van der Waals surface area (Å²) >= 11 is 0. The number of rotatable bonds is 9. The van der Waals surface area contributed by atoms with Crippen LogP contribution in [0.1, 0.15) is 13.3 Å². The van der Waals surface area contributed by atoms with Gasteiger partial charge in [-0.15, -0.1) is 0 Å². The number of sulfonamides is 1. The van der Waals surface area contributed by atoms with E-state index in [2.05, 4.69) is 15.4 Å². The number of carbonyl (C=O) groups is 1. The molecular weight excluding hydrogens is 346 g/mol. The van der Waals surface area contributed by atoms with Crippen molar-refractivity contribution >= 4 is 15.9 Å². The summed E-state index contributed by atoms with van der Waals surface area (Å²) in [6.45, 7) is 3.92. The number of amides is 1. The van der Waals surface area contributed by atoms with Gasteiger partial charge in [0, 0.05) is 38.5 Å². The van der Waals surface area contributed by atoms with Crippen LogP contribution in [0.5, 0.6) is 5.75 Å². The van der Waals surface area contributed by atoms with Crippen molar-refractivity contribution in [2.24, 2.45) is 5.92 Å². The highest BCUT2D eigenvalue weighted by atomic mass is 32.2. The van der Waals surface area contributed by atoms with Crippen LogP contribution in [0.2, 0.25) is 0 Å². The second kappa shape index (κ2) is 9.14. The molecule has 9 heteroatoms. The fourth-order valence-electron chi connectivity index (χ4n) is 2.52. The van der Waals surface area contributed by atoms with E-state index < -0.39 is 16.1 Å². The highest BCUT2D eigenvalue weighted by Crippen LogP contribution is 2.15. The number of hydrogen-bond acceptors (Lipinski definition) is 6. The number of aliphatic hydroxyl groups is 1. The van der Waals surface area contributed by atoms with Crippen LogP contribution in [0.15, 0.2) is 29.2 Å². The first-order valence-electron chi connectivity index (χ1n) is 8.30. The molecule has 8 nitrogen and oxygen atoms in total. The van der Waals surface area contributed by atoms with Gasteiger partial charge in [0.15, 0.2) is 0 Å². The zero-order valence-corrected chi connectivity index (χ0v) is 15.0. The van der Waals surface area contributed by atoms with Gasteiger partial charge < -0.3 is 20.5 Å². The number of β-amino-alcohol motifs (C(OH)–C–C–N with tert-alkyl or cyclic N) is 1. The Kier molecular flexibility index (Phi) is 7.18. The predicted octanol–water partition coefficient (Wildman–Crippen LogP) is -0.550. The number of benzene rings is 1. The minimum Gasteiger partial charge on any atom is -0.494 e. The Morgan fingerprint density at radius 3 is 2.64 bits per heavy atom. The monoisotopic (exact) mass is 371 g/mol. The highest BCUT2D eigenvalue weighted by molar-refractivity contribution is 7.89. The lowest BCUT2D eigenvalue weighted by atomic mass is 10.1. The van der Waals surface area contributed by atoms with Gasteiger partial charge in [0.25, 0.3) is 0 Å². The Bertz CT molecular complexity index is 663. The molecule has 1 aliphatic heterocycles. The summed E-state index contributed by atoms with van der Waals surface area (Å²) in [5.41, 5.74) is 0. The molecule has 25 heavy (non-hydrogen) atoms. The SMILES string of the molecule is CCOc1ccc(S(=O)(=O)NCCC(=O)NCC2CNCC2O)cc1. The van der Waals surface area contributed by atoms with Gasteiger partial charge in [0.2, 0.25) is 15.9 Å². The molecule has 0 aromatic heterocycles. The lowest BCUT2D eigenvalue weighted by molar-refractivity contribution is -0.121. The fraction of sp³-hybridized carbons (Fsp3) is 0.562. The normalized spacial score (nSPS) is 20.4. The van der Waals surface area contributed by atoms with E-state index in [9.17, 15) is 18.3 Å². The van der Waals surface area contributed by atoms with Crippen LogP contribution in [-0.2, 0) is 14.8 Å². The zero-order chi connectivity index (χ0) is 18.3. The number of hydrogen-bond donors (Lipinski definition) is 4. The average Bonchev–Trinajstić information content (AvgIpc) is 2.99. The molecule has 2 rings (SSSR count). The summed E-state index contributed by atoms with van der Waals surface area (Å²) in [7, 11) is -3.66. The van der Waals surface area contributed by atoms with Gasteiger partial charge in [0.1, 0.15) is 5.75 Å². The predicted molar refractivity (Wildman–Crippen MR) is 92.8 cm³/mol. The molecule has 1 fully saturated rings. The van der Waals surface area contributed by atoms with E-state index in [0.717, 1.165) is 0 Å². The number of nitrogens with one attached hydrogen (secondary N) is 3. The number of aliphatic hydroxyl groups excluding tert-OH is 1. The van der Waals surface area contributed by atoms with E-state index in [4.69, 9.17) is 4.74 Å². The van der Waals surface area contributed by atoms with Crippen molar-refractivity contribution in [1.29, 1.82) is 0 Å². The first-order chi connectivity index (χ1) is 11.9. The maximum absolute atomic E-state index is 12.2. The molecule has 0 bridgehead atoms. The van der Waals surface area contributed by atoms with E-state index >= 15 is 0 Å². The molecule has 0 aliphatic carbocycles. The quantitative estimate of drug-likeness (QED) is 0.463. The minimum atomic E-state index is -3.66. The molecule has 4 N–H and O–H groups in total. The van der Waals surface area contributed by atoms with Crippen LogP contribution in [0, 0.1) is 5.92 Å². The van der Waals surface area contributed by atoms with E-state index in [-0.39, 0.29) is 29.7 Å². The van der Waals surface area contributed by atoms with Gasteiger partial charge in [-0.05, 0) is 31.2 Å². The molecule has 2 unspecified atom stereocenters. The van der Waals surface area contributed by atoms with Crippen LogP contribution in [-0.4, -0.2) is 58.3 Å². The molecule has 1 aliphatic rings. The smallest absolute Gasteiger partial charge is 0.240 e. The largest absolute Gasteiger partial charge is 0.494 e. The highest BCUT2D eigenvalue weighted by Gasteiger charge is 2.25. The third-order valence-electron chi connectivity index (χ3n) is 3.95. The van der Waals surface area contributed by atoms with Crippen LogP contribution >= 0.6 is 0 Å². The van der Waals surface area contributed by atoms with Crippen LogP contribution in [0.4, 0.5) is 0 Å². The fourth-order valence-corrected chi connectivity index (χ4v) is 3.56. The first kappa shape index (κ1) is 19.6. The number of ether oxygens (including phenoxy) is 1. The van der Waals surface area contributed by atoms with Gasteiger partial charge in [-0.1, -0.05) is 0 Å². The minimum absolute atomic E-state index is 0.00679. The molecule has 0 spiro atoms. The van der Waals surface area contributed by atoms with Crippen molar-refractivity contribution in [1.82, 2.24) is 15.4 Å². The molecule has 1 aromatic carbocycles. The van der Waals surface area contributed by atoms with Crippen LogP contribution in [0.3, 0.4) is 0 Å². The van der Waals surface area contributed by atoms with Crippen LogP contribution < -0.4 is 20.1 Å². The Labute approximate surface area is 148 Å². The van der Waals surface area contributed by atoms with Gasteiger partial charge in [-0.3, -0.25) is 4.79 Å². The lowest BCUT2D eigenvalue weighted by Crippen LogP contribution is -2.36. The first-order valence-corrected chi connectivity index (χ1v) is 9.78. The average molecular weight is 371 g/mol. The van der Waals surface area contributed by atoms with Crippen LogP contribution in [0.25, 0.3) is 0 Å². The topological polar surface area (TPSA) is 117 Å². The third kappa shape index (κ3) is 5.96. The van der Waals surface area contributed by atoms with Crippen molar-refractivity contribution < 1.29 is 23.1 Å². The Morgan fingerprint density at radius 2 is 2.04 bits per heavy atom. The zero-order valence-electron chi connectivity index (χ0n) is 14.2. The van der Waals surface area contributed by atoms with Gasteiger partial charge in [-0.25, -0.2) is 13.1 Å². The lowest BCUT2D eigenvalue weighted by Gasteiger charge is -2.14. The van der Waals surface area contributed by atoms with Gasteiger partial charge >= 0.3 is 0 Å². The van der Waals surface area contributed by atoms with E-state index in [0.29, 0.717) is 32.0 Å². The van der Waals surface area contributed by atoms with Crippen molar-refractivity contribution in [3.63, 3.8) is 0 Å². The summed E-state index contributed by atoms with van der Waals surface area (Å²) in [6.07, 6.45) is -0.426. The van der Waals surface area contributed by atoms with Crippen molar-refractivity contribution in [2.45, 2.75) is 24.3 Å². The van der Waals surface area contributed by atoms with Gasteiger partial charge in [0.05, 0.1) is 17.6 Å². The second-order valence-corrected chi connectivity index (χ2v) is 7.61. The molecule has 1 amide bonds. The van der Waals surface area contributed by atoms with Crippen molar-refractivity contribution in [3.05, 3.63) is 24.3 Å². The maximum Gasteiger partial charge on any atom is 0.240 e. The van der Waals surface area contributed by atoms with Crippen molar-refractivity contribution in [3.8, 4) is 5.75 Å². The van der Waals surface area contributed by atoms with Crippen molar-refractivity contribution in [2.75, 3.05) is 32.8 Å². The standard InChI is InChI=1S/C16H25N3O5S/c1-2-24-13-3-5-14(6-4-13)25(22,23)19-8-7-16(21)18-10-12-9-17-11-15(12)20/h3-6,12,15,17,19-20H,2,7-11H2,1H3,(H,18,21). The summed E-state index contributed by atoms with van der Waals surface area (Å²) in [6, 6.07) is 6.10. The van der Waals surface area contributed by atoms with E-state index in [1.54, 1.807) is 12.1 Å². The van der Waals surface area contributed by atoms with E-state index in [1.165, 1.54) is 12.1 Å². The molecule has 140 valence electrons. The summed E-state index contributed by atoms with van der Waals surface area (Å²) in [5.74, 6) is 0.336. The Balaban J connectivity index is 1.74. The maximum atomic E-state index is 12.2. The molecule has 0 saturated carbocycles. The summed E-state index contributed by atoms with van der Waals surface area (Å²) < 4.78 is 32.0. The second-order valence-electron chi connectivity index (χ2n) is 5.84. The summed E-state index contributed by atoms with van der Waals surface area (Å²) in [5, 5.41) is 15.4. The summed E-state index contributed by atoms with van der Waals surface area (Å²) in [4.78, 5) is 11.9. The molecule has 2 atom stereocenters. The molecule has 1 heterocycles. The molecule has 1 aromatic rings. The molecule has 1 saturated heterocycles. The number of carbonyl (C=O) groups excluding carboxylic acids is 1. The third-order valence-corrected chi connectivity index (χ3v) is 5.43. The molecular formula is C16H25N3O5S.